The van der Waals surface area contributed by atoms with Crippen LogP contribution in [-0.2, 0) is 22.9 Å². The van der Waals surface area contributed by atoms with E-state index in [1.807, 2.05) is 54.9 Å². The number of H-pyrrole nitrogens is 1. The molecule has 0 saturated heterocycles. The Balaban J connectivity index is 1.13. The first-order valence-electron chi connectivity index (χ1n) is 14.6. The molecule has 3 aromatic carbocycles. The van der Waals surface area contributed by atoms with Gasteiger partial charge in [0.25, 0.3) is 15.9 Å². The summed E-state index contributed by atoms with van der Waals surface area (Å²) in [5, 5.41) is 11.0. The van der Waals surface area contributed by atoms with Gasteiger partial charge in [0, 0.05) is 42.0 Å². The van der Waals surface area contributed by atoms with Crippen LogP contribution in [0.5, 0.6) is 0 Å². The molecule has 0 spiro atoms. The number of carbonyl (C=O) groups is 2. The first-order chi connectivity index (χ1) is 21.1. The van der Waals surface area contributed by atoms with E-state index in [4.69, 9.17) is 0 Å². The number of likely N-dealkylation sites (N-methyl/N-ethyl adjacent to an activating group) is 1. The van der Waals surface area contributed by atoms with Gasteiger partial charge in [-0.05, 0) is 86.2 Å². The van der Waals surface area contributed by atoms with E-state index in [-0.39, 0.29) is 10.8 Å². The summed E-state index contributed by atoms with van der Waals surface area (Å²) in [6, 6.07) is 21.8. The minimum atomic E-state index is -3.97. The fraction of sp³-hybridized carbons (Fsp3) is 0.242. The van der Waals surface area contributed by atoms with Crippen molar-refractivity contribution in [3.63, 3.8) is 0 Å². The lowest BCUT2D eigenvalue weighted by Crippen LogP contribution is -2.46. The Kier molecular flexibility index (Phi) is 6.58. The SMILES string of the molecule is Cc1ccc(S(=O)(=O)NC(=O)NC2(Cc3ccc(-n4c5c(c6cc(-c7ccn[nH]7)ccc64)CCN(C)C5=O)cc3)CC2)cc1. The minimum Gasteiger partial charge on any atom is -0.340 e. The van der Waals surface area contributed by atoms with Crippen LogP contribution >= 0.6 is 0 Å². The van der Waals surface area contributed by atoms with E-state index in [0.717, 1.165) is 63.8 Å². The van der Waals surface area contributed by atoms with Gasteiger partial charge < -0.3 is 14.8 Å². The molecule has 1 aliphatic carbocycles. The van der Waals surface area contributed by atoms with Gasteiger partial charge in [0.1, 0.15) is 5.69 Å². The van der Waals surface area contributed by atoms with E-state index >= 15 is 0 Å². The summed E-state index contributed by atoms with van der Waals surface area (Å²) in [6.45, 7) is 2.53. The standard InChI is InChI=1S/C33H32N6O4S/c1-21-3-10-25(11-4-21)44(42,43)37-32(41)35-33(15-16-33)20-22-5-8-24(9-6-22)39-29-12-7-23(28-13-17-34-36-28)19-27(29)26-14-18-38(2)31(40)30(26)39/h3-13,17,19H,14-16,18,20H2,1-2H3,(H,34,36)(H2,35,37,41). The largest absolute Gasteiger partial charge is 0.340 e. The molecule has 2 aliphatic rings. The number of carbonyl (C=O) groups excluding carboxylic acids is 2. The van der Waals surface area contributed by atoms with Crippen molar-refractivity contribution in [2.75, 3.05) is 13.6 Å². The number of aromatic amines is 1. The van der Waals surface area contributed by atoms with Gasteiger partial charge in [-0.25, -0.2) is 17.9 Å². The number of amides is 3. The third-order valence-corrected chi connectivity index (χ3v) is 10.0. The number of fused-ring (bicyclic) bond motifs is 3. The van der Waals surface area contributed by atoms with Crippen LogP contribution in [0.3, 0.4) is 0 Å². The Labute approximate surface area is 255 Å². The number of sulfonamides is 1. The highest BCUT2D eigenvalue weighted by Crippen LogP contribution is 2.39. The lowest BCUT2D eigenvalue weighted by Gasteiger charge is -2.24. The van der Waals surface area contributed by atoms with E-state index in [2.05, 4.69) is 32.4 Å². The molecule has 0 radical (unpaired) electrons. The molecule has 0 bridgehead atoms. The van der Waals surface area contributed by atoms with Crippen LogP contribution in [0.2, 0.25) is 0 Å². The maximum atomic E-state index is 13.5. The maximum Gasteiger partial charge on any atom is 0.329 e. The van der Waals surface area contributed by atoms with Crippen molar-refractivity contribution in [3.8, 4) is 16.9 Å². The Hall–Kier alpha value is -4.90. The van der Waals surface area contributed by atoms with E-state index in [1.165, 1.54) is 12.1 Å². The van der Waals surface area contributed by atoms with Crippen LogP contribution in [0.25, 0.3) is 27.8 Å². The molecule has 3 amide bonds. The number of urea groups is 1. The van der Waals surface area contributed by atoms with E-state index in [1.54, 1.807) is 23.2 Å². The van der Waals surface area contributed by atoms with Crippen LogP contribution in [0.4, 0.5) is 4.79 Å². The molecule has 224 valence electrons. The van der Waals surface area contributed by atoms with Crippen LogP contribution in [0, 0.1) is 6.92 Å². The van der Waals surface area contributed by atoms with E-state index in [9.17, 15) is 18.0 Å². The highest BCUT2D eigenvalue weighted by atomic mass is 32.2. The summed E-state index contributed by atoms with van der Waals surface area (Å²) in [5.74, 6) is -0.0117. The second-order valence-electron chi connectivity index (χ2n) is 11.8. The number of nitrogens with zero attached hydrogens (tertiary/aromatic N) is 3. The van der Waals surface area contributed by atoms with Crippen molar-refractivity contribution in [1.82, 2.24) is 29.7 Å². The molecule has 0 unspecified atom stereocenters. The molecule has 1 saturated carbocycles. The summed E-state index contributed by atoms with van der Waals surface area (Å²) < 4.78 is 29.5. The van der Waals surface area contributed by atoms with Crippen molar-refractivity contribution in [3.05, 3.63) is 101 Å². The quantitative estimate of drug-likeness (QED) is 0.246. The highest BCUT2D eigenvalue weighted by Gasteiger charge is 2.44. The molecule has 2 aromatic heterocycles. The van der Waals surface area contributed by atoms with Crippen molar-refractivity contribution >= 4 is 32.9 Å². The first-order valence-corrected chi connectivity index (χ1v) is 16.0. The number of aromatic nitrogens is 3. The number of nitrogens with one attached hydrogen (secondary N) is 3. The number of benzene rings is 3. The summed E-state index contributed by atoms with van der Waals surface area (Å²) >= 11 is 0. The van der Waals surface area contributed by atoms with Crippen molar-refractivity contribution in [2.24, 2.45) is 0 Å². The van der Waals surface area contributed by atoms with Gasteiger partial charge >= 0.3 is 6.03 Å². The summed E-state index contributed by atoms with van der Waals surface area (Å²) in [7, 11) is -2.14. The molecule has 7 rings (SSSR count). The van der Waals surface area contributed by atoms with Crippen LogP contribution < -0.4 is 10.0 Å². The normalized spacial score (nSPS) is 15.7. The summed E-state index contributed by atoms with van der Waals surface area (Å²) in [6.07, 6.45) is 4.55. The molecule has 5 aromatic rings. The van der Waals surface area contributed by atoms with Crippen LogP contribution in [0.1, 0.15) is 40.0 Å². The average molecular weight is 609 g/mol. The second-order valence-corrected chi connectivity index (χ2v) is 13.5. The van der Waals surface area contributed by atoms with Gasteiger partial charge in [-0.15, -0.1) is 0 Å². The van der Waals surface area contributed by atoms with Crippen LogP contribution in [-0.4, -0.2) is 59.2 Å². The molecule has 1 aliphatic heterocycles. The van der Waals surface area contributed by atoms with Gasteiger partial charge in [0.05, 0.1) is 16.1 Å². The van der Waals surface area contributed by atoms with Gasteiger partial charge in [0.2, 0.25) is 0 Å². The zero-order valence-electron chi connectivity index (χ0n) is 24.4. The third-order valence-electron chi connectivity index (χ3n) is 8.66. The molecule has 44 heavy (non-hydrogen) atoms. The van der Waals surface area contributed by atoms with Gasteiger partial charge in [-0.3, -0.25) is 9.89 Å². The van der Waals surface area contributed by atoms with Crippen molar-refractivity contribution in [2.45, 2.75) is 43.0 Å². The topological polar surface area (TPSA) is 129 Å². The number of hydrogen-bond acceptors (Lipinski definition) is 5. The third kappa shape index (κ3) is 5.02. The number of aryl methyl sites for hydroxylation is 1. The summed E-state index contributed by atoms with van der Waals surface area (Å²) in [4.78, 5) is 28.0. The summed E-state index contributed by atoms with van der Waals surface area (Å²) in [5.41, 5.74) is 6.91. The molecule has 10 nitrogen and oxygen atoms in total. The predicted molar refractivity (Wildman–Crippen MR) is 167 cm³/mol. The Morgan fingerprint density at radius 2 is 1.77 bits per heavy atom. The zero-order chi connectivity index (χ0) is 30.6. The van der Waals surface area contributed by atoms with E-state index < -0.39 is 21.6 Å². The van der Waals surface area contributed by atoms with Crippen molar-refractivity contribution in [1.29, 1.82) is 0 Å². The predicted octanol–water partition coefficient (Wildman–Crippen LogP) is 4.72. The molecule has 3 heterocycles. The van der Waals surface area contributed by atoms with Gasteiger partial charge in [0.15, 0.2) is 0 Å². The number of rotatable bonds is 7. The minimum absolute atomic E-state index is 0.0117. The molecular weight excluding hydrogens is 576 g/mol. The molecular formula is C33H32N6O4S. The average Bonchev–Trinajstić information content (AvgIpc) is 3.38. The molecule has 11 heteroatoms. The Morgan fingerprint density at radius 3 is 2.45 bits per heavy atom. The lowest BCUT2D eigenvalue weighted by atomic mass is 10.0. The van der Waals surface area contributed by atoms with Crippen LogP contribution in [0.15, 0.2) is 83.9 Å². The highest BCUT2D eigenvalue weighted by molar-refractivity contribution is 7.90. The Bertz CT molecular complexity index is 2010. The van der Waals surface area contributed by atoms with Crippen molar-refractivity contribution < 1.29 is 18.0 Å². The smallest absolute Gasteiger partial charge is 0.329 e. The second kappa shape index (κ2) is 10.4. The molecule has 0 atom stereocenters. The van der Waals surface area contributed by atoms with E-state index in [0.29, 0.717) is 18.7 Å². The monoisotopic (exact) mass is 608 g/mol. The maximum absolute atomic E-state index is 13.5. The zero-order valence-corrected chi connectivity index (χ0v) is 25.2. The van der Waals surface area contributed by atoms with Gasteiger partial charge in [-0.1, -0.05) is 35.9 Å². The lowest BCUT2D eigenvalue weighted by molar-refractivity contribution is 0.0773. The first kappa shape index (κ1) is 27.9. The number of hydrogen-bond donors (Lipinski definition) is 3. The molecule has 3 N–H and O–H groups in total. The fourth-order valence-electron chi connectivity index (χ4n) is 6.06. The Morgan fingerprint density at radius 1 is 1.02 bits per heavy atom. The fourth-order valence-corrected chi connectivity index (χ4v) is 6.97. The van der Waals surface area contributed by atoms with Gasteiger partial charge in [-0.2, -0.15) is 5.10 Å². The molecule has 1 fully saturated rings.